The Kier molecular flexibility index (Phi) is 6.06. The number of hydrogen-bond donors (Lipinski definition) is 0. The van der Waals surface area contributed by atoms with Crippen molar-refractivity contribution in [3.05, 3.63) is 86.5 Å². The Labute approximate surface area is 196 Å². The zero-order valence-corrected chi connectivity index (χ0v) is 23.3. The predicted molar refractivity (Wildman–Crippen MR) is 148 cm³/mol. The zero-order chi connectivity index (χ0) is 22.6. The van der Waals surface area contributed by atoms with Gasteiger partial charge in [0.15, 0.2) is 0 Å². The third kappa shape index (κ3) is 3.56. The van der Waals surface area contributed by atoms with Gasteiger partial charge in [0.05, 0.1) is 0 Å². The molecule has 3 rings (SSSR count). The van der Waals surface area contributed by atoms with Gasteiger partial charge in [0.1, 0.15) is 0 Å². The van der Waals surface area contributed by atoms with Gasteiger partial charge >= 0.3 is 198 Å². The van der Waals surface area contributed by atoms with Crippen LogP contribution in [0.3, 0.4) is 0 Å². The Morgan fingerprint density at radius 2 is 0.600 bits per heavy atom. The molecule has 3 aromatic carbocycles. The van der Waals surface area contributed by atoms with Gasteiger partial charge in [-0.1, -0.05) is 0 Å². The first-order chi connectivity index (χ1) is 13.8. The van der Waals surface area contributed by atoms with E-state index in [1.165, 1.54) is 50.1 Å². The summed E-state index contributed by atoms with van der Waals surface area (Å²) in [4.78, 5) is 0. The fourth-order valence-corrected chi connectivity index (χ4v) is 19.3. The molecule has 160 valence electrons. The summed E-state index contributed by atoms with van der Waals surface area (Å²) in [6.45, 7) is 23.1. The van der Waals surface area contributed by atoms with Crippen LogP contribution in [0.15, 0.2) is 36.4 Å². The molecule has 0 saturated heterocycles. The van der Waals surface area contributed by atoms with Gasteiger partial charge in [-0.2, -0.15) is 0 Å². The molecular weight excluding hydrogens is 494 g/mol. The van der Waals surface area contributed by atoms with Crippen molar-refractivity contribution in [1.82, 2.24) is 0 Å². The van der Waals surface area contributed by atoms with E-state index in [1.807, 2.05) is 0 Å². The Balaban J connectivity index is 2.66. The number of benzene rings is 3. The van der Waals surface area contributed by atoms with Crippen LogP contribution >= 0.6 is 26.3 Å². The molecule has 0 atom stereocenters. The second kappa shape index (κ2) is 7.75. The second-order valence-electron chi connectivity index (χ2n) is 9.67. The fraction of sp³-hybridized carbons (Fsp3) is 0.357. The van der Waals surface area contributed by atoms with E-state index in [9.17, 15) is 0 Å². The third-order valence-corrected chi connectivity index (χ3v) is 16.1. The van der Waals surface area contributed by atoms with E-state index in [2.05, 4.69) is 127 Å². The quantitative estimate of drug-likeness (QED) is 0.247. The van der Waals surface area contributed by atoms with Crippen LogP contribution in [0, 0.1) is 62.3 Å². The van der Waals surface area contributed by atoms with Crippen molar-refractivity contribution in [2.75, 3.05) is 6.66 Å². The number of halogens is 1. The molecule has 0 nitrogen and oxygen atoms in total. The van der Waals surface area contributed by atoms with Gasteiger partial charge in [0.2, 0.25) is 0 Å². The van der Waals surface area contributed by atoms with Gasteiger partial charge in [-0.15, -0.1) is 0 Å². The molecule has 0 aliphatic carbocycles. The molecule has 30 heavy (non-hydrogen) atoms. The molecule has 0 unspecified atom stereocenters. The standard InChI is InChI=1S/C28H36IP/c1-17-11-20(4)26(21(5)12-17)30(10,29,27-22(6)13-18(2)14-23(27)7)28-24(8)15-19(3)16-25(28)9/h11-16H,1-10H3. The van der Waals surface area contributed by atoms with Gasteiger partial charge in [-0.05, 0) is 0 Å². The van der Waals surface area contributed by atoms with E-state index in [0.29, 0.717) is 0 Å². The monoisotopic (exact) mass is 530 g/mol. The third-order valence-electron chi connectivity index (χ3n) is 6.50. The van der Waals surface area contributed by atoms with E-state index in [0.717, 1.165) is 0 Å². The molecule has 0 aliphatic heterocycles. The molecule has 0 fully saturated rings. The predicted octanol–water partition coefficient (Wildman–Crippen LogP) is 7.27. The summed E-state index contributed by atoms with van der Waals surface area (Å²) in [5, 5.41) is 4.66. The summed E-state index contributed by atoms with van der Waals surface area (Å²) in [6, 6.07) is 14.3. The molecule has 0 amide bonds. The van der Waals surface area contributed by atoms with E-state index in [1.54, 1.807) is 15.9 Å². The zero-order valence-electron chi connectivity index (χ0n) is 20.3. The van der Waals surface area contributed by atoms with E-state index in [-0.39, 0.29) is 0 Å². The van der Waals surface area contributed by atoms with Gasteiger partial charge < -0.3 is 0 Å². The van der Waals surface area contributed by atoms with Gasteiger partial charge in [0.25, 0.3) is 0 Å². The molecule has 3 aromatic rings. The van der Waals surface area contributed by atoms with Crippen molar-refractivity contribution < 1.29 is 0 Å². The minimum atomic E-state index is -2.76. The Hall–Kier alpha value is -1.18. The van der Waals surface area contributed by atoms with Gasteiger partial charge in [-0.25, -0.2) is 0 Å². The first-order valence-electron chi connectivity index (χ1n) is 10.8. The van der Waals surface area contributed by atoms with Crippen LogP contribution in [0.2, 0.25) is 0 Å². The second-order valence-corrected chi connectivity index (χ2v) is 21.1. The van der Waals surface area contributed by atoms with Crippen LogP contribution < -0.4 is 15.9 Å². The molecule has 0 spiro atoms. The summed E-state index contributed by atoms with van der Waals surface area (Å²) >= 11 is 2.93. The van der Waals surface area contributed by atoms with E-state index in [4.69, 9.17) is 0 Å². The van der Waals surface area contributed by atoms with Crippen LogP contribution in [0.4, 0.5) is 0 Å². The minimum absolute atomic E-state index is 1.35. The van der Waals surface area contributed by atoms with Crippen LogP contribution in [0.25, 0.3) is 0 Å². The van der Waals surface area contributed by atoms with E-state index < -0.39 is 4.25 Å². The van der Waals surface area contributed by atoms with Crippen molar-refractivity contribution in [2.45, 2.75) is 62.3 Å². The SMILES string of the molecule is Cc1cc(C)c(P(C)(I)(c2c(C)cc(C)cc2C)c2c(C)cc(C)cc2C)c(C)c1. The number of aryl methyl sites for hydroxylation is 9. The van der Waals surface area contributed by atoms with E-state index >= 15 is 0 Å². The molecule has 0 N–H and O–H groups in total. The molecular formula is C28H36IP. The Morgan fingerprint density at radius 3 is 0.767 bits per heavy atom. The first-order valence-corrected chi connectivity index (χ1v) is 16.2. The molecule has 0 radical (unpaired) electrons. The maximum atomic E-state index is 2.93. The molecule has 0 heterocycles. The van der Waals surface area contributed by atoms with Crippen LogP contribution in [-0.2, 0) is 0 Å². The molecule has 0 saturated carbocycles. The van der Waals surface area contributed by atoms with Crippen molar-refractivity contribution in [2.24, 2.45) is 0 Å². The van der Waals surface area contributed by atoms with Crippen molar-refractivity contribution >= 4 is 42.2 Å². The molecule has 0 aromatic heterocycles. The first kappa shape index (κ1) is 23.5. The number of rotatable bonds is 3. The van der Waals surface area contributed by atoms with Crippen LogP contribution in [-0.4, -0.2) is 6.66 Å². The van der Waals surface area contributed by atoms with Crippen molar-refractivity contribution in [3.63, 3.8) is 0 Å². The summed E-state index contributed by atoms with van der Waals surface area (Å²) in [7, 11) is 0. The average Bonchev–Trinajstić information content (AvgIpc) is 2.50. The normalized spacial score (nSPS) is 13.2. The van der Waals surface area contributed by atoms with Crippen molar-refractivity contribution in [3.8, 4) is 0 Å². The Morgan fingerprint density at radius 1 is 0.433 bits per heavy atom. The van der Waals surface area contributed by atoms with Crippen molar-refractivity contribution in [1.29, 1.82) is 0 Å². The van der Waals surface area contributed by atoms with Crippen LogP contribution in [0.5, 0.6) is 0 Å². The Bertz CT molecular complexity index is 952. The topological polar surface area (TPSA) is 0 Å². The van der Waals surface area contributed by atoms with Gasteiger partial charge in [0, 0.05) is 0 Å². The molecule has 2 heteroatoms. The van der Waals surface area contributed by atoms with Crippen LogP contribution in [0.1, 0.15) is 50.1 Å². The molecule has 0 bridgehead atoms. The molecule has 0 aliphatic rings. The summed E-state index contributed by atoms with van der Waals surface area (Å²) < 4.78 is -2.76. The van der Waals surface area contributed by atoms with Gasteiger partial charge in [-0.3, -0.25) is 0 Å². The average molecular weight is 530 g/mol. The number of hydrogen-bond acceptors (Lipinski definition) is 0. The summed E-state index contributed by atoms with van der Waals surface area (Å²) in [6.07, 6.45) is 0. The summed E-state index contributed by atoms with van der Waals surface area (Å²) in [5.74, 6) is 0. The maximum absolute atomic E-state index is 2.93. The fourth-order valence-electron chi connectivity index (χ4n) is 6.37. The summed E-state index contributed by atoms with van der Waals surface area (Å²) in [5.41, 5.74) is 12.5.